The summed E-state index contributed by atoms with van der Waals surface area (Å²) < 4.78 is -0.547. The van der Waals surface area contributed by atoms with E-state index in [-0.39, 0.29) is 12.3 Å². The Morgan fingerprint density at radius 1 is 1.32 bits per heavy atom. The number of carbonyl (C=O) groups is 4. The Morgan fingerprint density at radius 3 is 2.55 bits per heavy atom. The zero-order chi connectivity index (χ0) is 16.2. The van der Waals surface area contributed by atoms with E-state index < -0.39 is 52.5 Å². The lowest BCUT2D eigenvalue weighted by molar-refractivity contribution is -1.01. The lowest BCUT2D eigenvalue weighted by Gasteiger charge is -2.30. The molecule has 4 atom stereocenters. The first-order valence-corrected chi connectivity index (χ1v) is 7.41. The number of carboxylic acids is 2. The number of nitrogens with two attached hydrogens (primary N) is 1. The van der Waals surface area contributed by atoms with Crippen LogP contribution in [0.3, 0.4) is 0 Å². The van der Waals surface area contributed by atoms with E-state index >= 15 is 0 Å². The average molecular weight is 332 g/mol. The van der Waals surface area contributed by atoms with E-state index in [2.05, 4.69) is 5.43 Å². The predicted molar refractivity (Wildman–Crippen MR) is 69.9 cm³/mol. The van der Waals surface area contributed by atoms with Crippen molar-refractivity contribution in [3.05, 3.63) is 0 Å². The molecule has 0 aromatic rings. The van der Waals surface area contributed by atoms with Crippen molar-refractivity contribution >= 4 is 35.7 Å². The van der Waals surface area contributed by atoms with Crippen LogP contribution in [0.5, 0.6) is 0 Å². The highest BCUT2D eigenvalue weighted by Crippen LogP contribution is 2.47. The highest BCUT2D eigenvalue weighted by molar-refractivity contribution is 7.94. The van der Waals surface area contributed by atoms with Gasteiger partial charge in [0, 0.05) is 10.8 Å². The Morgan fingerprint density at radius 2 is 2.00 bits per heavy atom. The van der Waals surface area contributed by atoms with Crippen LogP contribution in [0.2, 0.25) is 0 Å². The summed E-state index contributed by atoms with van der Waals surface area (Å²) in [4.78, 5) is 47.2. The molecule has 0 aliphatic carbocycles. The van der Waals surface area contributed by atoms with Gasteiger partial charge in [0.1, 0.15) is 0 Å². The minimum Gasteiger partial charge on any atom is -0.481 e. The molecule has 0 aromatic heterocycles. The lowest BCUT2D eigenvalue weighted by Crippen LogP contribution is -2.61. The molecule has 5 N–H and O–H groups in total. The highest BCUT2D eigenvalue weighted by atomic mass is 32.2. The fraction of sp³-hybridized carbons (Fsp3) is 0.600. The van der Waals surface area contributed by atoms with Gasteiger partial charge in [-0.05, 0) is 0 Å². The molecule has 0 aromatic carbocycles. The fourth-order valence-corrected chi connectivity index (χ4v) is 4.40. The monoisotopic (exact) mass is 332 g/mol. The molecule has 3 rings (SSSR count). The van der Waals surface area contributed by atoms with Crippen molar-refractivity contribution in [3.63, 3.8) is 0 Å². The third kappa shape index (κ3) is 1.75. The molecule has 11 nitrogen and oxygen atoms in total. The van der Waals surface area contributed by atoms with Crippen LogP contribution >= 0.6 is 11.9 Å². The zero-order valence-electron chi connectivity index (χ0n) is 11.2. The first-order chi connectivity index (χ1) is 10.3. The Labute approximate surface area is 128 Å². The molecule has 0 saturated carbocycles. The SMILES string of the molecule is NC[C@@H]1N[N+]23SC[C@@H](C(=O)O)N2C(=O)[C@H](CC(=O)O)N3C1=O. The van der Waals surface area contributed by atoms with Crippen molar-refractivity contribution in [2.75, 3.05) is 12.3 Å². The molecule has 22 heavy (non-hydrogen) atoms. The van der Waals surface area contributed by atoms with Crippen molar-refractivity contribution in [2.24, 2.45) is 5.73 Å². The molecule has 3 heterocycles. The van der Waals surface area contributed by atoms with E-state index in [0.29, 0.717) is 0 Å². The van der Waals surface area contributed by atoms with Crippen LogP contribution in [-0.4, -0.2) is 78.6 Å². The molecule has 1 spiro atoms. The van der Waals surface area contributed by atoms with E-state index in [1.54, 1.807) is 0 Å². The standard InChI is InChI=1S/C10H13N5O6S/c11-2-4-8(18)13-5(1-7(16)17)9(19)14-6(10(20)21)3-22-15(13,14)12-4/h4-6,12H,1-3,11H2,(H-,16,17,20,21)/p+1/t4-,5-,6-,15?/m0/s1. The summed E-state index contributed by atoms with van der Waals surface area (Å²) in [5, 5.41) is 20.3. The van der Waals surface area contributed by atoms with Crippen LogP contribution in [0.25, 0.3) is 0 Å². The van der Waals surface area contributed by atoms with E-state index in [9.17, 15) is 24.3 Å². The number of carbonyl (C=O) groups excluding carboxylic acids is 2. The summed E-state index contributed by atoms with van der Waals surface area (Å²) in [6.07, 6.45) is -0.590. The van der Waals surface area contributed by atoms with Gasteiger partial charge in [0.15, 0.2) is 30.1 Å². The Kier molecular flexibility index (Phi) is 3.28. The summed E-state index contributed by atoms with van der Waals surface area (Å²) in [6.45, 7) is -0.0462. The van der Waals surface area contributed by atoms with Crippen LogP contribution in [0.15, 0.2) is 0 Å². The van der Waals surface area contributed by atoms with Gasteiger partial charge in [-0.2, -0.15) is 0 Å². The van der Waals surface area contributed by atoms with E-state index in [4.69, 9.17) is 10.8 Å². The topological polar surface area (TPSA) is 153 Å². The van der Waals surface area contributed by atoms with E-state index in [1.165, 1.54) is 0 Å². The molecule has 12 heteroatoms. The van der Waals surface area contributed by atoms with Crippen LogP contribution in [-0.2, 0) is 19.2 Å². The minimum atomic E-state index is -1.25. The van der Waals surface area contributed by atoms with Gasteiger partial charge in [-0.3, -0.25) is 14.4 Å². The van der Waals surface area contributed by atoms with Gasteiger partial charge in [0.2, 0.25) is 0 Å². The van der Waals surface area contributed by atoms with Gasteiger partial charge >= 0.3 is 17.8 Å². The molecule has 0 bridgehead atoms. The Hall–Kier alpha value is -1.89. The third-order valence-corrected chi connectivity index (χ3v) is 5.12. The highest BCUT2D eigenvalue weighted by Gasteiger charge is 2.74. The van der Waals surface area contributed by atoms with Crippen LogP contribution in [0, 0.1) is 0 Å². The molecule has 3 aliphatic heterocycles. The second-order valence-electron chi connectivity index (χ2n) is 5.09. The number of nitrogens with zero attached hydrogens (tertiary/aromatic N) is 3. The summed E-state index contributed by atoms with van der Waals surface area (Å²) >= 11 is 1.03. The number of hydrogen-bond donors (Lipinski definition) is 4. The van der Waals surface area contributed by atoms with Gasteiger partial charge in [0.25, 0.3) is 5.91 Å². The maximum Gasteiger partial charge on any atom is 0.333 e. The van der Waals surface area contributed by atoms with Gasteiger partial charge in [0.05, 0.1) is 12.2 Å². The van der Waals surface area contributed by atoms with Crippen molar-refractivity contribution in [3.8, 4) is 0 Å². The number of hydrogen-bond acceptors (Lipinski definition) is 7. The maximum absolute atomic E-state index is 12.5. The minimum absolute atomic E-state index is 0.0462. The molecule has 3 saturated heterocycles. The Bertz CT molecular complexity index is 586. The largest absolute Gasteiger partial charge is 0.481 e. The predicted octanol–water partition coefficient (Wildman–Crippen LogP) is -2.89. The van der Waals surface area contributed by atoms with Crippen molar-refractivity contribution in [1.82, 2.24) is 15.4 Å². The molecule has 120 valence electrons. The maximum atomic E-state index is 12.5. The number of amides is 2. The molecular weight excluding hydrogens is 318 g/mol. The van der Waals surface area contributed by atoms with E-state index in [0.717, 1.165) is 22.0 Å². The van der Waals surface area contributed by atoms with Crippen LogP contribution in [0.1, 0.15) is 6.42 Å². The smallest absolute Gasteiger partial charge is 0.333 e. The van der Waals surface area contributed by atoms with Gasteiger partial charge in [-0.15, -0.1) is 10.0 Å². The summed E-state index contributed by atoms with van der Waals surface area (Å²) in [5.74, 6) is -3.59. The molecular formula is C10H14N5O6S+. The number of quaternary nitrogens is 1. The number of rotatable bonds is 4. The second kappa shape index (κ2) is 4.81. The van der Waals surface area contributed by atoms with Crippen molar-refractivity contribution in [1.29, 1.82) is 0 Å². The second-order valence-corrected chi connectivity index (χ2v) is 6.19. The van der Waals surface area contributed by atoms with Gasteiger partial charge in [-0.25, -0.2) is 4.79 Å². The number of carboxylic acid groups (broad SMARTS) is 2. The first-order valence-electron chi connectivity index (χ1n) is 6.46. The Balaban J connectivity index is 2.05. The number of nitrogens with one attached hydrogen (secondary N) is 1. The zero-order valence-corrected chi connectivity index (χ0v) is 12.0. The van der Waals surface area contributed by atoms with Crippen LogP contribution < -0.4 is 11.2 Å². The van der Waals surface area contributed by atoms with Gasteiger partial charge in [-0.1, -0.05) is 5.43 Å². The quantitative estimate of drug-likeness (QED) is 0.314. The van der Waals surface area contributed by atoms with E-state index in [1.807, 2.05) is 0 Å². The normalized spacial score (nSPS) is 36.7. The molecule has 2 amide bonds. The van der Waals surface area contributed by atoms with Crippen molar-refractivity contribution < 1.29 is 33.6 Å². The lowest BCUT2D eigenvalue weighted by atomic mass is 10.1. The summed E-state index contributed by atoms with van der Waals surface area (Å²) in [6, 6.07) is -3.19. The molecule has 3 fully saturated rings. The third-order valence-electron chi connectivity index (χ3n) is 3.83. The summed E-state index contributed by atoms with van der Waals surface area (Å²) in [5.41, 5.74) is 8.36. The van der Waals surface area contributed by atoms with Crippen molar-refractivity contribution in [2.45, 2.75) is 24.5 Å². The van der Waals surface area contributed by atoms with Crippen LogP contribution in [0.4, 0.5) is 0 Å². The fourth-order valence-electron chi connectivity index (χ4n) is 2.93. The average Bonchev–Trinajstić information content (AvgIpc) is 3.01. The molecule has 1 unspecified atom stereocenters. The van der Waals surface area contributed by atoms with Gasteiger partial charge < -0.3 is 15.9 Å². The number of aliphatic carboxylic acids is 2. The summed E-state index contributed by atoms with van der Waals surface area (Å²) in [7, 11) is 0. The molecule has 3 aliphatic rings. The first kappa shape index (κ1) is 15.0. The molecule has 0 radical (unpaired) electrons.